The molecule has 2 fully saturated rings. The van der Waals surface area contributed by atoms with E-state index in [1.165, 1.54) is 45.2 Å². The third kappa shape index (κ3) is 2.48. The van der Waals surface area contributed by atoms with E-state index < -0.39 is 0 Å². The quantitative estimate of drug-likeness (QED) is 0.741. The fraction of sp³-hybridized carbons (Fsp3) is 1.00. The minimum atomic E-state index is 0.725. The molecule has 1 aliphatic carbocycles. The number of nitrogens with zero attached hydrogens (tertiary/aromatic N) is 1. The summed E-state index contributed by atoms with van der Waals surface area (Å²) in [4.78, 5) is 2.46. The highest BCUT2D eigenvalue weighted by Gasteiger charge is 2.27. The Bertz CT molecular complexity index is 175. The van der Waals surface area contributed by atoms with Crippen molar-refractivity contribution < 1.29 is 0 Å². The number of hydrogen-bond donors (Lipinski definition) is 1. The highest BCUT2D eigenvalue weighted by Crippen LogP contribution is 2.22. The van der Waals surface area contributed by atoms with Crippen LogP contribution in [0.5, 0.6) is 0 Å². The van der Waals surface area contributed by atoms with Crippen LogP contribution in [0.15, 0.2) is 0 Å². The molecule has 0 radical (unpaired) electrons. The molecule has 2 heteroatoms. The van der Waals surface area contributed by atoms with E-state index >= 15 is 0 Å². The molecular weight excluding hydrogens is 172 g/mol. The van der Waals surface area contributed by atoms with Crippen molar-refractivity contribution in [3.8, 4) is 0 Å². The lowest BCUT2D eigenvalue weighted by Gasteiger charge is -2.24. The lowest BCUT2D eigenvalue weighted by molar-refractivity contribution is 0.324. The van der Waals surface area contributed by atoms with Crippen molar-refractivity contribution in [1.29, 1.82) is 0 Å². The molecule has 0 amide bonds. The predicted octanol–water partition coefficient (Wildman–Crippen LogP) is 1.86. The lowest BCUT2D eigenvalue weighted by atomic mass is 9.99. The molecule has 0 spiro atoms. The van der Waals surface area contributed by atoms with E-state index in [-0.39, 0.29) is 0 Å². The van der Waals surface area contributed by atoms with Crippen LogP contribution in [0.4, 0.5) is 0 Å². The van der Waals surface area contributed by atoms with E-state index in [1.54, 1.807) is 0 Å². The number of likely N-dealkylation sites (tertiary alicyclic amines) is 1. The average Bonchev–Trinajstić information content (AvgIpc) is 2.75. The van der Waals surface area contributed by atoms with Gasteiger partial charge in [-0.15, -0.1) is 0 Å². The van der Waals surface area contributed by atoms with Gasteiger partial charge in [0.15, 0.2) is 0 Å². The van der Waals surface area contributed by atoms with Gasteiger partial charge >= 0.3 is 0 Å². The zero-order valence-corrected chi connectivity index (χ0v) is 9.63. The Labute approximate surface area is 88.1 Å². The highest BCUT2D eigenvalue weighted by molar-refractivity contribution is 4.85. The summed E-state index contributed by atoms with van der Waals surface area (Å²) >= 11 is 0. The van der Waals surface area contributed by atoms with E-state index in [0.717, 1.165) is 18.0 Å². The fourth-order valence-electron chi connectivity index (χ4n) is 2.98. The smallest absolute Gasteiger partial charge is 0.00822 e. The van der Waals surface area contributed by atoms with Gasteiger partial charge in [0, 0.05) is 18.6 Å². The SMILES string of the molecule is CC(NC1CCCC1)C1CCN(C)C1. The molecule has 0 aromatic heterocycles. The van der Waals surface area contributed by atoms with Gasteiger partial charge in [-0.3, -0.25) is 0 Å². The Morgan fingerprint density at radius 1 is 1.21 bits per heavy atom. The highest BCUT2D eigenvalue weighted by atomic mass is 15.1. The predicted molar refractivity (Wildman–Crippen MR) is 60.5 cm³/mol. The van der Waals surface area contributed by atoms with E-state index in [1.807, 2.05) is 0 Å². The molecular formula is C12H24N2. The third-order valence-corrected chi connectivity index (χ3v) is 3.99. The van der Waals surface area contributed by atoms with Gasteiger partial charge in [-0.25, -0.2) is 0 Å². The van der Waals surface area contributed by atoms with Crippen molar-refractivity contribution in [3.63, 3.8) is 0 Å². The van der Waals surface area contributed by atoms with E-state index in [0.29, 0.717) is 0 Å². The maximum Gasteiger partial charge on any atom is 0.00822 e. The minimum absolute atomic E-state index is 0.725. The Kier molecular flexibility index (Phi) is 3.45. The van der Waals surface area contributed by atoms with Crippen LogP contribution in [0.3, 0.4) is 0 Å². The zero-order valence-electron chi connectivity index (χ0n) is 9.63. The van der Waals surface area contributed by atoms with Gasteiger partial charge in [0.05, 0.1) is 0 Å². The van der Waals surface area contributed by atoms with Gasteiger partial charge in [-0.1, -0.05) is 12.8 Å². The summed E-state index contributed by atoms with van der Waals surface area (Å²) in [7, 11) is 2.24. The summed E-state index contributed by atoms with van der Waals surface area (Å²) in [6.45, 7) is 4.96. The van der Waals surface area contributed by atoms with Crippen LogP contribution in [0, 0.1) is 5.92 Å². The molecule has 2 rings (SSSR count). The van der Waals surface area contributed by atoms with Crippen LogP contribution < -0.4 is 5.32 Å². The first-order valence-electron chi connectivity index (χ1n) is 6.20. The zero-order chi connectivity index (χ0) is 9.97. The summed E-state index contributed by atoms with van der Waals surface area (Å²) in [5.74, 6) is 0.889. The molecule has 82 valence electrons. The molecule has 0 aromatic carbocycles. The van der Waals surface area contributed by atoms with Crippen LogP contribution in [-0.4, -0.2) is 37.1 Å². The van der Waals surface area contributed by atoms with Crippen LogP contribution in [0.25, 0.3) is 0 Å². The number of rotatable bonds is 3. The standard InChI is InChI=1S/C12H24N2/c1-10(11-7-8-14(2)9-11)13-12-5-3-4-6-12/h10-13H,3-9H2,1-2H3. The Balaban J connectivity index is 1.74. The first-order valence-corrected chi connectivity index (χ1v) is 6.20. The molecule has 2 nitrogen and oxygen atoms in total. The molecule has 1 aliphatic heterocycles. The summed E-state index contributed by atoms with van der Waals surface area (Å²) < 4.78 is 0. The third-order valence-electron chi connectivity index (χ3n) is 3.99. The van der Waals surface area contributed by atoms with Gasteiger partial charge in [-0.2, -0.15) is 0 Å². The summed E-state index contributed by atoms with van der Waals surface area (Å²) in [6, 6.07) is 1.55. The number of nitrogens with one attached hydrogen (secondary N) is 1. The Morgan fingerprint density at radius 2 is 1.93 bits per heavy atom. The largest absolute Gasteiger partial charge is 0.311 e. The molecule has 2 atom stereocenters. The second-order valence-corrected chi connectivity index (χ2v) is 5.25. The van der Waals surface area contributed by atoms with Crippen molar-refractivity contribution in [1.82, 2.24) is 10.2 Å². The fourth-order valence-corrected chi connectivity index (χ4v) is 2.98. The average molecular weight is 196 g/mol. The first-order chi connectivity index (χ1) is 6.75. The van der Waals surface area contributed by atoms with E-state index in [9.17, 15) is 0 Å². The van der Waals surface area contributed by atoms with Crippen LogP contribution >= 0.6 is 0 Å². The van der Waals surface area contributed by atoms with Gasteiger partial charge in [0.1, 0.15) is 0 Å². The first kappa shape index (κ1) is 10.4. The van der Waals surface area contributed by atoms with Gasteiger partial charge in [0.25, 0.3) is 0 Å². The van der Waals surface area contributed by atoms with Crippen molar-refractivity contribution in [3.05, 3.63) is 0 Å². The molecule has 0 aromatic rings. The molecule has 1 N–H and O–H groups in total. The molecule has 14 heavy (non-hydrogen) atoms. The van der Waals surface area contributed by atoms with Crippen molar-refractivity contribution in [2.24, 2.45) is 5.92 Å². The van der Waals surface area contributed by atoms with E-state index in [4.69, 9.17) is 0 Å². The Morgan fingerprint density at radius 3 is 2.50 bits per heavy atom. The van der Waals surface area contributed by atoms with Gasteiger partial charge < -0.3 is 10.2 Å². The summed E-state index contributed by atoms with van der Waals surface area (Å²) in [5.41, 5.74) is 0. The number of hydrogen-bond acceptors (Lipinski definition) is 2. The summed E-state index contributed by atoms with van der Waals surface area (Å²) in [5, 5.41) is 3.81. The van der Waals surface area contributed by atoms with Crippen LogP contribution in [-0.2, 0) is 0 Å². The van der Waals surface area contributed by atoms with Crippen LogP contribution in [0.1, 0.15) is 39.0 Å². The van der Waals surface area contributed by atoms with Crippen molar-refractivity contribution >= 4 is 0 Å². The monoisotopic (exact) mass is 196 g/mol. The second kappa shape index (κ2) is 4.63. The normalized spacial score (nSPS) is 32.6. The minimum Gasteiger partial charge on any atom is -0.311 e. The van der Waals surface area contributed by atoms with Gasteiger partial charge in [0.2, 0.25) is 0 Å². The lowest BCUT2D eigenvalue weighted by Crippen LogP contribution is -2.40. The topological polar surface area (TPSA) is 15.3 Å². The van der Waals surface area contributed by atoms with Crippen molar-refractivity contribution in [2.75, 3.05) is 20.1 Å². The molecule has 2 unspecified atom stereocenters. The molecule has 0 bridgehead atoms. The molecule has 1 saturated heterocycles. The molecule has 1 saturated carbocycles. The summed E-state index contributed by atoms with van der Waals surface area (Å²) in [6.07, 6.45) is 7.08. The molecule has 2 aliphatic rings. The molecule has 1 heterocycles. The van der Waals surface area contributed by atoms with Crippen molar-refractivity contribution in [2.45, 2.75) is 51.1 Å². The van der Waals surface area contributed by atoms with Crippen LogP contribution in [0.2, 0.25) is 0 Å². The van der Waals surface area contributed by atoms with E-state index in [2.05, 4.69) is 24.2 Å². The maximum absolute atomic E-state index is 3.81. The second-order valence-electron chi connectivity index (χ2n) is 5.25. The Hall–Kier alpha value is -0.0800. The maximum atomic E-state index is 3.81. The van der Waals surface area contributed by atoms with Gasteiger partial charge in [-0.05, 0) is 45.7 Å².